The molecule has 0 amide bonds. The van der Waals surface area contributed by atoms with Crippen LogP contribution in [-0.4, -0.2) is 25.2 Å². The van der Waals surface area contributed by atoms with Gasteiger partial charge in [0.25, 0.3) is 0 Å². The molecule has 0 saturated heterocycles. The minimum Gasteiger partial charge on any atom is -0.493 e. The van der Waals surface area contributed by atoms with E-state index in [1.807, 2.05) is 17.5 Å². The smallest absolute Gasteiger partial charge is 0.337 e. The molecule has 0 bridgehead atoms. The quantitative estimate of drug-likeness (QED) is 0.633. The molecule has 3 aromatic rings. The van der Waals surface area contributed by atoms with Crippen molar-refractivity contribution in [1.82, 2.24) is 4.98 Å². The molecular weight excluding hydrogens is 330 g/mol. The maximum absolute atomic E-state index is 11.6. The molecule has 0 aliphatic rings. The summed E-state index contributed by atoms with van der Waals surface area (Å²) in [5, 5.41) is 2.71. The van der Waals surface area contributed by atoms with Gasteiger partial charge in [-0.1, -0.05) is 0 Å². The number of nitrogens with zero attached hydrogens (tertiary/aromatic N) is 1. The fourth-order valence-corrected chi connectivity index (χ4v) is 2.84. The van der Waals surface area contributed by atoms with Gasteiger partial charge in [-0.2, -0.15) is 0 Å². The van der Waals surface area contributed by atoms with Crippen LogP contribution in [0.2, 0.25) is 0 Å². The second kappa shape index (κ2) is 7.18. The number of carbonyl (C=O) groups excluding carboxylic acids is 1. The largest absolute Gasteiger partial charge is 0.493 e. The Labute approximate surface area is 142 Å². The number of hydrogen-bond donors (Lipinski definition) is 0. The summed E-state index contributed by atoms with van der Waals surface area (Å²) in [6.45, 7) is 0.283. The molecule has 2 aromatic heterocycles. The zero-order valence-corrected chi connectivity index (χ0v) is 14.0. The summed E-state index contributed by atoms with van der Waals surface area (Å²) < 4.78 is 21.0. The van der Waals surface area contributed by atoms with E-state index in [0.29, 0.717) is 17.1 Å². The van der Waals surface area contributed by atoms with Gasteiger partial charge in [-0.05, 0) is 30.3 Å². The van der Waals surface area contributed by atoms with Crippen LogP contribution in [0.15, 0.2) is 46.4 Å². The molecule has 0 atom stereocenters. The van der Waals surface area contributed by atoms with Gasteiger partial charge < -0.3 is 18.6 Å². The van der Waals surface area contributed by atoms with Gasteiger partial charge in [0, 0.05) is 5.38 Å². The zero-order valence-electron chi connectivity index (χ0n) is 13.1. The number of furan rings is 1. The molecule has 6 nitrogen and oxygen atoms in total. The van der Waals surface area contributed by atoms with Crippen LogP contribution in [0.4, 0.5) is 0 Å². The Morgan fingerprint density at radius 3 is 2.83 bits per heavy atom. The SMILES string of the molecule is COC(=O)c1ccc(OCc2csc(-c3ccco3)n2)c(OC)c1. The summed E-state index contributed by atoms with van der Waals surface area (Å²) in [6.07, 6.45) is 1.61. The average Bonchev–Trinajstić information content (AvgIpc) is 3.30. The van der Waals surface area contributed by atoms with Gasteiger partial charge in [0.05, 0.1) is 31.7 Å². The number of aromatic nitrogens is 1. The van der Waals surface area contributed by atoms with Crippen LogP contribution in [0.5, 0.6) is 11.5 Å². The standard InChI is InChI=1S/C17H15NO5S/c1-20-15-8-11(17(19)21-2)5-6-13(15)23-9-12-10-24-16(18-12)14-4-3-7-22-14/h3-8,10H,9H2,1-2H3. The van der Waals surface area contributed by atoms with Crippen molar-refractivity contribution in [2.45, 2.75) is 6.61 Å². The van der Waals surface area contributed by atoms with Crippen LogP contribution in [0, 0.1) is 0 Å². The highest BCUT2D eigenvalue weighted by molar-refractivity contribution is 7.13. The molecule has 3 rings (SSSR count). The molecule has 7 heteroatoms. The van der Waals surface area contributed by atoms with Crippen molar-refractivity contribution in [2.24, 2.45) is 0 Å². The summed E-state index contributed by atoms with van der Waals surface area (Å²) >= 11 is 1.48. The molecule has 0 aliphatic heterocycles. The lowest BCUT2D eigenvalue weighted by Crippen LogP contribution is -2.03. The number of hydrogen-bond acceptors (Lipinski definition) is 7. The first-order valence-corrected chi connectivity index (χ1v) is 7.96. The van der Waals surface area contributed by atoms with Crippen LogP contribution in [0.3, 0.4) is 0 Å². The van der Waals surface area contributed by atoms with Gasteiger partial charge in [0.1, 0.15) is 6.61 Å². The van der Waals surface area contributed by atoms with Gasteiger partial charge in [-0.25, -0.2) is 9.78 Å². The van der Waals surface area contributed by atoms with E-state index in [1.54, 1.807) is 24.5 Å². The number of thiazole rings is 1. The van der Waals surface area contributed by atoms with Gasteiger partial charge in [-0.15, -0.1) is 11.3 Å². The minimum atomic E-state index is -0.428. The normalized spacial score (nSPS) is 10.4. The first-order valence-electron chi connectivity index (χ1n) is 7.08. The van der Waals surface area contributed by atoms with Crippen molar-refractivity contribution in [1.29, 1.82) is 0 Å². The lowest BCUT2D eigenvalue weighted by Gasteiger charge is -2.10. The van der Waals surface area contributed by atoms with E-state index in [-0.39, 0.29) is 6.61 Å². The Morgan fingerprint density at radius 1 is 1.25 bits per heavy atom. The van der Waals surface area contributed by atoms with E-state index in [1.165, 1.54) is 25.6 Å². The lowest BCUT2D eigenvalue weighted by atomic mass is 10.2. The number of benzene rings is 1. The third kappa shape index (κ3) is 3.41. The van der Waals surface area contributed by atoms with Crippen LogP contribution in [0.1, 0.15) is 16.1 Å². The molecular formula is C17H15NO5S. The molecule has 0 radical (unpaired) electrons. The molecule has 0 saturated carbocycles. The monoisotopic (exact) mass is 345 g/mol. The van der Waals surface area contributed by atoms with E-state index in [4.69, 9.17) is 18.6 Å². The Balaban J connectivity index is 1.71. The maximum Gasteiger partial charge on any atom is 0.337 e. The van der Waals surface area contributed by atoms with Crippen LogP contribution in [-0.2, 0) is 11.3 Å². The fourth-order valence-electron chi connectivity index (χ4n) is 2.07. The van der Waals surface area contributed by atoms with Crippen LogP contribution < -0.4 is 9.47 Å². The zero-order chi connectivity index (χ0) is 16.9. The van der Waals surface area contributed by atoms with Crippen molar-refractivity contribution in [3.63, 3.8) is 0 Å². The van der Waals surface area contributed by atoms with Gasteiger partial charge >= 0.3 is 5.97 Å². The summed E-state index contributed by atoms with van der Waals surface area (Å²) in [5.74, 6) is 1.28. The third-order valence-electron chi connectivity index (χ3n) is 3.24. The minimum absolute atomic E-state index is 0.283. The highest BCUT2D eigenvalue weighted by Gasteiger charge is 2.13. The third-order valence-corrected chi connectivity index (χ3v) is 4.15. The number of ether oxygens (including phenoxy) is 3. The molecule has 0 spiro atoms. The summed E-state index contributed by atoms with van der Waals surface area (Å²) in [5.41, 5.74) is 1.18. The van der Waals surface area contributed by atoms with E-state index < -0.39 is 5.97 Å². The Hall–Kier alpha value is -2.80. The molecule has 2 heterocycles. The number of carbonyl (C=O) groups is 1. The fraction of sp³-hybridized carbons (Fsp3) is 0.176. The number of esters is 1. The van der Waals surface area contributed by atoms with Gasteiger partial charge in [0.2, 0.25) is 0 Å². The molecule has 0 fully saturated rings. The van der Waals surface area contributed by atoms with Crippen molar-refractivity contribution in [2.75, 3.05) is 14.2 Å². The Bertz CT molecular complexity index is 825. The predicted octanol–water partition coefficient (Wildman–Crippen LogP) is 3.78. The predicted molar refractivity (Wildman–Crippen MR) is 88.5 cm³/mol. The van der Waals surface area contributed by atoms with Crippen molar-refractivity contribution >= 4 is 17.3 Å². The van der Waals surface area contributed by atoms with Crippen LogP contribution >= 0.6 is 11.3 Å². The topological polar surface area (TPSA) is 70.8 Å². The van der Waals surface area contributed by atoms with E-state index >= 15 is 0 Å². The highest BCUT2D eigenvalue weighted by Crippen LogP contribution is 2.30. The molecule has 0 unspecified atom stereocenters. The molecule has 124 valence electrons. The first kappa shape index (κ1) is 16.1. The highest BCUT2D eigenvalue weighted by atomic mass is 32.1. The summed E-state index contributed by atoms with van der Waals surface area (Å²) in [6, 6.07) is 8.55. The summed E-state index contributed by atoms with van der Waals surface area (Å²) in [4.78, 5) is 16.0. The lowest BCUT2D eigenvalue weighted by molar-refractivity contribution is 0.0600. The van der Waals surface area contributed by atoms with E-state index in [9.17, 15) is 4.79 Å². The van der Waals surface area contributed by atoms with Crippen molar-refractivity contribution in [3.8, 4) is 22.3 Å². The van der Waals surface area contributed by atoms with E-state index in [2.05, 4.69) is 4.98 Å². The molecule has 0 N–H and O–H groups in total. The van der Waals surface area contributed by atoms with Crippen LogP contribution in [0.25, 0.3) is 10.8 Å². The number of rotatable bonds is 6. The van der Waals surface area contributed by atoms with Crippen molar-refractivity contribution in [3.05, 3.63) is 53.2 Å². The Morgan fingerprint density at radius 2 is 2.12 bits per heavy atom. The Kier molecular flexibility index (Phi) is 4.81. The average molecular weight is 345 g/mol. The maximum atomic E-state index is 11.6. The number of methoxy groups -OCH3 is 2. The summed E-state index contributed by atoms with van der Waals surface area (Å²) in [7, 11) is 2.85. The first-order chi connectivity index (χ1) is 11.7. The molecule has 24 heavy (non-hydrogen) atoms. The van der Waals surface area contributed by atoms with Gasteiger partial charge in [-0.3, -0.25) is 0 Å². The van der Waals surface area contributed by atoms with E-state index in [0.717, 1.165) is 16.5 Å². The molecule has 0 aliphatic carbocycles. The second-order valence-corrected chi connectivity index (χ2v) is 5.63. The second-order valence-electron chi connectivity index (χ2n) is 4.77. The van der Waals surface area contributed by atoms with Crippen molar-refractivity contribution < 1.29 is 23.4 Å². The molecule has 1 aromatic carbocycles. The van der Waals surface area contributed by atoms with Gasteiger partial charge in [0.15, 0.2) is 22.3 Å².